The van der Waals surface area contributed by atoms with Gasteiger partial charge in [0.25, 0.3) is 0 Å². The Balaban J connectivity index is 2.35. The third kappa shape index (κ3) is 3.10. The van der Waals surface area contributed by atoms with Gasteiger partial charge in [-0.1, -0.05) is 6.07 Å². The van der Waals surface area contributed by atoms with Gasteiger partial charge in [0.2, 0.25) is 0 Å². The molecule has 4 heteroatoms. The minimum Gasteiger partial charge on any atom is -0.497 e. The average molecular weight is 258 g/mol. The van der Waals surface area contributed by atoms with Crippen molar-refractivity contribution in [3.63, 3.8) is 0 Å². The highest BCUT2D eigenvalue weighted by molar-refractivity contribution is 5.70. The zero-order chi connectivity index (χ0) is 13.8. The van der Waals surface area contributed by atoms with Crippen LogP contribution >= 0.6 is 0 Å². The van der Waals surface area contributed by atoms with E-state index in [0.29, 0.717) is 11.4 Å². The van der Waals surface area contributed by atoms with Crippen LogP contribution in [-0.4, -0.2) is 14.2 Å². The Bertz CT molecular complexity index is 582. The fraction of sp³-hybridized carbons (Fsp3) is 0.200. The molecule has 100 valence electrons. The summed E-state index contributed by atoms with van der Waals surface area (Å²) in [5.74, 6) is 1.50. The number of nitrogens with two attached hydrogens (primary N) is 1. The van der Waals surface area contributed by atoms with Crippen LogP contribution < -0.4 is 20.5 Å². The maximum atomic E-state index is 5.84. The summed E-state index contributed by atoms with van der Waals surface area (Å²) in [5, 5.41) is 3.29. The summed E-state index contributed by atoms with van der Waals surface area (Å²) in [5.41, 5.74) is 9.40. The summed E-state index contributed by atoms with van der Waals surface area (Å²) in [7, 11) is 3.27. The second-order valence-electron chi connectivity index (χ2n) is 4.32. The van der Waals surface area contributed by atoms with Gasteiger partial charge >= 0.3 is 0 Å². The Hall–Kier alpha value is -2.36. The standard InChI is InChI=1S/C15H18N2O2/c1-10-4-5-15(19-3)14(6-10)17-12-7-11(16)8-13(9-12)18-2/h4-9,17H,16H2,1-3H3. The van der Waals surface area contributed by atoms with Crippen molar-refractivity contribution in [2.45, 2.75) is 6.92 Å². The van der Waals surface area contributed by atoms with E-state index in [2.05, 4.69) is 5.32 Å². The van der Waals surface area contributed by atoms with Gasteiger partial charge in [-0.3, -0.25) is 0 Å². The molecular weight excluding hydrogens is 240 g/mol. The predicted molar refractivity (Wildman–Crippen MR) is 78.4 cm³/mol. The van der Waals surface area contributed by atoms with Gasteiger partial charge in [0.1, 0.15) is 11.5 Å². The van der Waals surface area contributed by atoms with Crippen LogP contribution in [0.4, 0.5) is 17.1 Å². The van der Waals surface area contributed by atoms with Crippen LogP contribution in [0.1, 0.15) is 5.56 Å². The van der Waals surface area contributed by atoms with E-state index in [1.54, 1.807) is 20.3 Å². The first-order valence-corrected chi connectivity index (χ1v) is 5.98. The van der Waals surface area contributed by atoms with Gasteiger partial charge in [-0.2, -0.15) is 0 Å². The number of methoxy groups -OCH3 is 2. The summed E-state index contributed by atoms with van der Waals surface area (Å²) in [6, 6.07) is 11.5. The average Bonchev–Trinajstić information content (AvgIpc) is 2.38. The third-order valence-corrected chi connectivity index (χ3v) is 2.80. The number of anilines is 3. The van der Waals surface area contributed by atoms with Crippen LogP contribution in [0.2, 0.25) is 0 Å². The van der Waals surface area contributed by atoms with E-state index in [0.717, 1.165) is 22.7 Å². The van der Waals surface area contributed by atoms with Crippen LogP contribution in [-0.2, 0) is 0 Å². The Kier molecular flexibility index (Phi) is 3.80. The Morgan fingerprint density at radius 3 is 2.47 bits per heavy atom. The van der Waals surface area contributed by atoms with Crippen molar-refractivity contribution in [1.29, 1.82) is 0 Å². The predicted octanol–water partition coefficient (Wildman–Crippen LogP) is 3.34. The highest BCUT2D eigenvalue weighted by Crippen LogP contribution is 2.31. The zero-order valence-corrected chi connectivity index (χ0v) is 11.4. The molecule has 2 rings (SSSR count). The number of nitrogen functional groups attached to an aromatic ring is 1. The smallest absolute Gasteiger partial charge is 0.142 e. The van der Waals surface area contributed by atoms with E-state index in [1.807, 2.05) is 37.3 Å². The molecule has 0 aliphatic carbocycles. The SMILES string of the molecule is COc1cc(N)cc(Nc2cc(C)ccc2OC)c1. The summed E-state index contributed by atoms with van der Waals surface area (Å²) in [6.07, 6.45) is 0. The molecule has 0 radical (unpaired) electrons. The highest BCUT2D eigenvalue weighted by Gasteiger charge is 2.05. The van der Waals surface area contributed by atoms with Gasteiger partial charge in [0.15, 0.2) is 0 Å². The number of benzene rings is 2. The summed E-state index contributed by atoms with van der Waals surface area (Å²) < 4.78 is 10.5. The van der Waals surface area contributed by atoms with Crippen molar-refractivity contribution >= 4 is 17.1 Å². The van der Waals surface area contributed by atoms with Crippen molar-refractivity contribution in [3.05, 3.63) is 42.0 Å². The van der Waals surface area contributed by atoms with Gasteiger partial charge in [0.05, 0.1) is 19.9 Å². The normalized spacial score (nSPS) is 10.1. The van der Waals surface area contributed by atoms with Gasteiger partial charge < -0.3 is 20.5 Å². The molecule has 0 bridgehead atoms. The molecule has 2 aromatic carbocycles. The highest BCUT2D eigenvalue weighted by atomic mass is 16.5. The first kappa shape index (κ1) is 13.1. The van der Waals surface area contributed by atoms with Crippen LogP contribution in [0.15, 0.2) is 36.4 Å². The minimum atomic E-state index is 0.647. The summed E-state index contributed by atoms with van der Waals surface area (Å²) >= 11 is 0. The monoisotopic (exact) mass is 258 g/mol. The topological polar surface area (TPSA) is 56.5 Å². The molecule has 2 aromatic rings. The van der Waals surface area contributed by atoms with E-state index < -0.39 is 0 Å². The van der Waals surface area contributed by atoms with Crippen LogP contribution in [0.3, 0.4) is 0 Å². The molecule has 0 saturated heterocycles. The number of rotatable bonds is 4. The lowest BCUT2D eigenvalue weighted by atomic mass is 10.2. The Labute approximate surface area is 113 Å². The van der Waals surface area contributed by atoms with E-state index in [4.69, 9.17) is 15.2 Å². The first-order valence-electron chi connectivity index (χ1n) is 5.98. The maximum Gasteiger partial charge on any atom is 0.142 e. The van der Waals surface area contributed by atoms with Crippen molar-refractivity contribution in [2.75, 3.05) is 25.3 Å². The first-order chi connectivity index (χ1) is 9.12. The molecule has 0 aromatic heterocycles. The molecule has 0 atom stereocenters. The fourth-order valence-electron chi connectivity index (χ4n) is 1.89. The molecule has 0 amide bonds. The lowest BCUT2D eigenvalue weighted by Crippen LogP contribution is -1.97. The maximum absolute atomic E-state index is 5.84. The lowest BCUT2D eigenvalue weighted by Gasteiger charge is -2.13. The molecule has 0 spiro atoms. The van der Waals surface area contributed by atoms with E-state index in [1.165, 1.54) is 0 Å². The minimum absolute atomic E-state index is 0.647. The molecule has 19 heavy (non-hydrogen) atoms. The largest absolute Gasteiger partial charge is 0.497 e. The summed E-state index contributed by atoms with van der Waals surface area (Å²) in [4.78, 5) is 0. The molecule has 0 aliphatic rings. The van der Waals surface area contributed by atoms with E-state index >= 15 is 0 Å². The number of hydrogen-bond donors (Lipinski definition) is 2. The van der Waals surface area contributed by atoms with E-state index in [9.17, 15) is 0 Å². The van der Waals surface area contributed by atoms with Gasteiger partial charge in [-0.05, 0) is 30.7 Å². The van der Waals surface area contributed by atoms with Crippen molar-refractivity contribution in [2.24, 2.45) is 0 Å². The van der Waals surface area contributed by atoms with E-state index in [-0.39, 0.29) is 0 Å². The van der Waals surface area contributed by atoms with Gasteiger partial charge in [-0.25, -0.2) is 0 Å². The molecule has 0 saturated carbocycles. The lowest BCUT2D eigenvalue weighted by molar-refractivity contribution is 0.415. The Morgan fingerprint density at radius 2 is 1.79 bits per heavy atom. The number of nitrogens with one attached hydrogen (secondary N) is 1. The molecule has 0 unspecified atom stereocenters. The van der Waals surface area contributed by atoms with Crippen LogP contribution in [0, 0.1) is 6.92 Å². The fourth-order valence-corrected chi connectivity index (χ4v) is 1.89. The van der Waals surface area contributed by atoms with Crippen LogP contribution in [0.5, 0.6) is 11.5 Å². The number of hydrogen-bond acceptors (Lipinski definition) is 4. The quantitative estimate of drug-likeness (QED) is 0.826. The third-order valence-electron chi connectivity index (χ3n) is 2.80. The summed E-state index contributed by atoms with van der Waals surface area (Å²) in [6.45, 7) is 2.03. The van der Waals surface area contributed by atoms with Crippen molar-refractivity contribution in [3.8, 4) is 11.5 Å². The molecular formula is C15H18N2O2. The molecule has 3 N–H and O–H groups in total. The number of aryl methyl sites for hydroxylation is 1. The second kappa shape index (κ2) is 5.52. The Morgan fingerprint density at radius 1 is 1.00 bits per heavy atom. The van der Waals surface area contributed by atoms with Gasteiger partial charge in [-0.15, -0.1) is 0 Å². The molecule has 0 fully saturated rings. The molecule has 0 heterocycles. The molecule has 4 nitrogen and oxygen atoms in total. The van der Waals surface area contributed by atoms with Crippen molar-refractivity contribution in [1.82, 2.24) is 0 Å². The van der Waals surface area contributed by atoms with Crippen LogP contribution in [0.25, 0.3) is 0 Å². The zero-order valence-electron chi connectivity index (χ0n) is 11.4. The molecule has 0 aliphatic heterocycles. The number of ether oxygens (including phenoxy) is 2. The van der Waals surface area contributed by atoms with Gasteiger partial charge in [0, 0.05) is 23.5 Å². The second-order valence-corrected chi connectivity index (χ2v) is 4.32. The van der Waals surface area contributed by atoms with Crippen molar-refractivity contribution < 1.29 is 9.47 Å².